The number of phosphoric ester groups is 1. The van der Waals surface area contributed by atoms with Gasteiger partial charge in [-0.3, -0.25) is 9.36 Å². The summed E-state index contributed by atoms with van der Waals surface area (Å²) in [4.78, 5) is 25.5. The minimum absolute atomic E-state index is 0.00370. The van der Waals surface area contributed by atoms with E-state index in [1.807, 2.05) is 27.2 Å². The maximum absolute atomic E-state index is 12.9. The molecule has 0 heterocycles. The van der Waals surface area contributed by atoms with Crippen molar-refractivity contribution in [2.45, 2.75) is 321 Å². The number of nitrogens with one attached hydrogen (secondary N) is 1. The quantitative estimate of drug-likeness (QED) is 0.0272. The molecule has 416 valence electrons. The minimum Gasteiger partial charge on any atom is -0.756 e. The molecule has 2 N–H and O–H groups in total. The highest BCUT2D eigenvalue weighted by Crippen LogP contribution is 2.38. The van der Waals surface area contributed by atoms with Crippen LogP contribution in [0, 0.1) is 0 Å². The molecule has 9 heteroatoms. The number of amides is 1. The van der Waals surface area contributed by atoms with E-state index in [9.17, 15) is 19.4 Å². The van der Waals surface area contributed by atoms with Gasteiger partial charge in [0.05, 0.1) is 39.9 Å². The fourth-order valence-corrected chi connectivity index (χ4v) is 10.1. The number of quaternary nitrogens is 1. The highest BCUT2D eigenvalue weighted by molar-refractivity contribution is 7.45. The van der Waals surface area contributed by atoms with Crippen LogP contribution in [0.1, 0.15) is 309 Å². The van der Waals surface area contributed by atoms with Gasteiger partial charge in [-0.05, 0) is 32.1 Å². The first-order valence-corrected chi connectivity index (χ1v) is 32.2. The van der Waals surface area contributed by atoms with Gasteiger partial charge in [0.1, 0.15) is 13.2 Å². The van der Waals surface area contributed by atoms with Gasteiger partial charge in [0, 0.05) is 6.42 Å². The Labute approximate surface area is 436 Å². The van der Waals surface area contributed by atoms with Crippen molar-refractivity contribution in [2.75, 3.05) is 40.9 Å². The smallest absolute Gasteiger partial charge is 0.268 e. The Balaban J connectivity index is 4.12. The second-order valence-corrected chi connectivity index (χ2v) is 23.8. The van der Waals surface area contributed by atoms with Crippen LogP contribution in [0.3, 0.4) is 0 Å². The number of carbonyl (C=O) groups excluding carboxylic acids is 1. The zero-order chi connectivity index (χ0) is 51.3. The standard InChI is InChI=1S/C61H121N2O6P/c1-6-8-10-12-14-16-18-20-22-24-25-26-27-28-29-30-31-32-33-34-35-36-37-39-40-42-44-46-48-50-52-54-60(64)59(58-69-70(66,67)68-57-56-63(3,4)5)62-61(65)55-53-51-49-47-45-43-41-38-23-21-19-17-15-13-11-9-7-2/h44,46,52,54,59-60,64H,6-43,45,47-51,53,55-58H2,1-5H3,(H-,62,65,66,67)/b46-44+,54-52+. The molecule has 0 saturated carbocycles. The van der Waals surface area contributed by atoms with Crippen LogP contribution in [0.5, 0.6) is 0 Å². The van der Waals surface area contributed by atoms with Gasteiger partial charge in [0.25, 0.3) is 7.82 Å². The Morgan fingerprint density at radius 3 is 1.16 bits per heavy atom. The predicted molar refractivity (Wildman–Crippen MR) is 302 cm³/mol. The summed E-state index contributed by atoms with van der Waals surface area (Å²) < 4.78 is 23.3. The predicted octanol–water partition coefficient (Wildman–Crippen LogP) is 18.1. The van der Waals surface area contributed by atoms with Crippen molar-refractivity contribution in [1.29, 1.82) is 0 Å². The summed E-state index contributed by atoms with van der Waals surface area (Å²) in [5.74, 6) is -0.201. The Bertz CT molecular complexity index is 1190. The van der Waals surface area contributed by atoms with Crippen molar-refractivity contribution in [2.24, 2.45) is 0 Å². The van der Waals surface area contributed by atoms with Crippen molar-refractivity contribution < 1.29 is 32.9 Å². The van der Waals surface area contributed by atoms with Gasteiger partial charge in [0.2, 0.25) is 5.91 Å². The number of phosphoric acid groups is 1. The van der Waals surface area contributed by atoms with E-state index in [-0.39, 0.29) is 19.1 Å². The largest absolute Gasteiger partial charge is 0.756 e. The molecule has 0 aliphatic heterocycles. The van der Waals surface area contributed by atoms with Gasteiger partial charge in [0.15, 0.2) is 0 Å². The molecule has 0 aliphatic rings. The first-order chi connectivity index (χ1) is 34.0. The Morgan fingerprint density at radius 2 is 0.800 bits per heavy atom. The van der Waals surface area contributed by atoms with Crippen molar-refractivity contribution in [3.8, 4) is 0 Å². The molecule has 3 unspecified atom stereocenters. The highest BCUT2D eigenvalue weighted by Gasteiger charge is 2.23. The third-order valence-corrected chi connectivity index (χ3v) is 15.1. The molecule has 0 aromatic rings. The van der Waals surface area contributed by atoms with E-state index in [1.165, 1.54) is 250 Å². The first-order valence-electron chi connectivity index (χ1n) is 30.7. The molecule has 0 aromatic heterocycles. The summed E-state index contributed by atoms with van der Waals surface area (Å²) in [6.45, 7) is 4.68. The zero-order valence-corrected chi connectivity index (χ0v) is 48.4. The molecule has 70 heavy (non-hydrogen) atoms. The van der Waals surface area contributed by atoms with Crippen molar-refractivity contribution >= 4 is 13.7 Å². The molecule has 3 atom stereocenters. The molecule has 8 nitrogen and oxygen atoms in total. The monoisotopic (exact) mass is 1010 g/mol. The molecule has 0 bridgehead atoms. The van der Waals surface area contributed by atoms with Gasteiger partial charge in [-0.25, -0.2) is 0 Å². The molecule has 0 aromatic carbocycles. The average molecular weight is 1010 g/mol. The van der Waals surface area contributed by atoms with Gasteiger partial charge >= 0.3 is 0 Å². The summed E-state index contributed by atoms with van der Waals surface area (Å²) in [6.07, 6.45) is 67.1. The van der Waals surface area contributed by atoms with Crippen LogP contribution >= 0.6 is 7.82 Å². The molecule has 0 spiro atoms. The second kappa shape index (κ2) is 52.8. The molecule has 0 aliphatic carbocycles. The lowest BCUT2D eigenvalue weighted by atomic mass is 10.0. The third-order valence-electron chi connectivity index (χ3n) is 14.2. The number of hydrogen-bond donors (Lipinski definition) is 2. The van der Waals surface area contributed by atoms with Crippen molar-refractivity contribution in [1.82, 2.24) is 5.32 Å². The summed E-state index contributed by atoms with van der Waals surface area (Å²) in [6, 6.07) is -0.900. The molecular formula is C61H121N2O6P. The second-order valence-electron chi connectivity index (χ2n) is 22.4. The molecular weight excluding hydrogens is 888 g/mol. The van der Waals surface area contributed by atoms with Crippen molar-refractivity contribution in [3.63, 3.8) is 0 Å². The zero-order valence-electron chi connectivity index (χ0n) is 47.5. The third kappa shape index (κ3) is 54.7. The fourth-order valence-electron chi connectivity index (χ4n) is 9.35. The fraction of sp³-hybridized carbons (Fsp3) is 0.918. The normalized spacial score (nSPS) is 14.0. The summed E-state index contributed by atoms with van der Waals surface area (Å²) in [7, 11) is 1.26. The van der Waals surface area contributed by atoms with E-state index >= 15 is 0 Å². The van der Waals surface area contributed by atoms with Gasteiger partial charge in [-0.15, -0.1) is 0 Å². The number of allylic oxidation sites excluding steroid dienone is 3. The first kappa shape index (κ1) is 69.0. The average Bonchev–Trinajstić information content (AvgIpc) is 3.32. The SMILES string of the molecule is CCCCCCCCCCCCCCCCCCCCCCCCCCC/C=C/CC/C=C/C(O)C(COP(=O)([O-])OCC[N+](C)(C)C)NC(=O)CCCCCCCCCCCCCCCCCCC. The maximum atomic E-state index is 12.9. The number of hydrogen-bond acceptors (Lipinski definition) is 6. The molecule has 0 radical (unpaired) electrons. The van der Waals surface area contributed by atoms with Crippen molar-refractivity contribution in [3.05, 3.63) is 24.3 Å². The summed E-state index contributed by atoms with van der Waals surface area (Å²) in [5.41, 5.74) is 0. The van der Waals surface area contributed by atoms with Gasteiger partial charge in [-0.2, -0.15) is 0 Å². The van der Waals surface area contributed by atoms with Crippen LogP contribution in [-0.4, -0.2) is 68.5 Å². The maximum Gasteiger partial charge on any atom is 0.268 e. The van der Waals surface area contributed by atoms with Crippen LogP contribution in [0.2, 0.25) is 0 Å². The van der Waals surface area contributed by atoms with E-state index in [2.05, 4.69) is 31.3 Å². The lowest BCUT2D eigenvalue weighted by molar-refractivity contribution is -0.870. The molecule has 0 fully saturated rings. The van der Waals surface area contributed by atoms with E-state index in [0.717, 1.165) is 38.5 Å². The lowest BCUT2D eigenvalue weighted by Gasteiger charge is -2.29. The lowest BCUT2D eigenvalue weighted by Crippen LogP contribution is -2.45. The highest BCUT2D eigenvalue weighted by atomic mass is 31.2. The minimum atomic E-state index is -4.60. The van der Waals surface area contributed by atoms with E-state index in [0.29, 0.717) is 17.4 Å². The molecule has 0 rings (SSSR count). The Hall–Kier alpha value is -1.02. The Kier molecular flexibility index (Phi) is 52.1. The number of likely N-dealkylation sites (N-methyl/N-ethyl adjacent to an activating group) is 1. The topological polar surface area (TPSA) is 108 Å². The van der Waals surface area contributed by atoms with E-state index < -0.39 is 20.0 Å². The van der Waals surface area contributed by atoms with Crippen LogP contribution in [0.25, 0.3) is 0 Å². The van der Waals surface area contributed by atoms with Gasteiger partial charge in [-0.1, -0.05) is 295 Å². The van der Waals surface area contributed by atoms with E-state index in [4.69, 9.17) is 9.05 Å². The molecule has 1 amide bonds. The number of aliphatic hydroxyl groups is 1. The number of unbranched alkanes of at least 4 members (excludes halogenated alkanes) is 42. The summed E-state index contributed by atoms with van der Waals surface area (Å²) in [5, 5.41) is 13.9. The molecule has 0 saturated heterocycles. The number of aliphatic hydroxyl groups excluding tert-OH is 1. The van der Waals surface area contributed by atoms with Crippen LogP contribution < -0.4 is 10.2 Å². The number of rotatable bonds is 57. The van der Waals surface area contributed by atoms with Crippen LogP contribution in [-0.2, 0) is 18.4 Å². The van der Waals surface area contributed by atoms with Crippen LogP contribution in [0.4, 0.5) is 0 Å². The summed E-state index contributed by atoms with van der Waals surface area (Å²) >= 11 is 0. The number of nitrogens with zero attached hydrogens (tertiary/aromatic N) is 1. The van der Waals surface area contributed by atoms with E-state index in [1.54, 1.807) is 6.08 Å². The van der Waals surface area contributed by atoms with Crippen LogP contribution in [0.15, 0.2) is 24.3 Å². The Morgan fingerprint density at radius 1 is 0.486 bits per heavy atom. The van der Waals surface area contributed by atoms with Gasteiger partial charge < -0.3 is 28.8 Å². The number of carbonyl (C=O) groups is 1.